The predicted molar refractivity (Wildman–Crippen MR) is 73.2 cm³/mol. The van der Waals surface area contributed by atoms with Crippen LogP contribution in [0.2, 0.25) is 0 Å². The Morgan fingerprint density at radius 1 is 1.25 bits per heavy atom. The van der Waals surface area contributed by atoms with Crippen LogP contribution in [0.1, 0.15) is 39.2 Å². The highest BCUT2D eigenvalue weighted by atomic mass is 19.4. The molecular formula is C15H20F3NO. The van der Waals surface area contributed by atoms with Gasteiger partial charge in [-0.15, -0.1) is 13.2 Å². The molecule has 2 rings (SSSR count). The fourth-order valence-corrected chi connectivity index (χ4v) is 2.59. The van der Waals surface area contributed by atoms with Gasteiger partial charge < -0.3 is 9.64 Å². The number of rotatable bonds is 3. The third kappa shape index (κ3) is 3.19. The maximum atomic E-state index is 12.3. The quantitative estimate of drug-likeness (QED) is 0.810. The first-order valence-corrected chi connectivity index (χ1v) is 6.89. The van der Waals surface area contributed by atoms with Crippen LogP contribution in [0.15, 0.2) is 18.2 Å². The number of benzene rings is 1. The van der Waals surface area contributed by atoms with E-state index in [2.05, 4.69) is 30.4 Å². The van der Waals surface area contributed by atoms with Crippen molar-refractivity contribution >= 4 is 5.69 Å². The van der Waals surface area contributed by atoms with E-state index >= 15 is 0 Å². The second kappa shape index (κ2) is 5.19. The van der Waals surface area contributed by atoms with Crippen LogP contribution in [-0.2, 0) is 6.42 Å². The Bertz CT molecular complexity index is 482. The van der Waals surface area contributed by atoms with Crippen molar-refractivity contribution in [2.24, 2.45) is 0 Å². The van der Waals surface area contributed by atoms with E-state index in [0.29, 0.717) is 0 Å². The summed E-state index contributed by atoms with van der Waals surface area (Å²) < 4.78 is 40.8. The van der Waals surface area contributed by atoms with Gasteiger partial charge in [-0.1, -0.05) is 6.92 Å². The Balaban J connectivity index is 2.31. The minimum absolute atomic E-state index is 0.00156. The maximum absolute atomic E-state index is 12.3. The summed E-state index contributed by atoms with van der Waals surface area (Å²) in [7, 11) is 0. The zero-order chi connectivity index (χ0) is 15.0. The van der Waals surface area contributed by atoms with Crippen LogP contribution in [0.3, 0.4) is 0 Å². The zero-order valence-corrected chi connectivity index (χ0v) is 12.0. The molecule has 0 spiro atoms. The molecule has 5 heteroatoms. The number of aryl methyl sites for hydroxylation is 1. The van der Waals surface area contributed by atoms with Crippen molar-refractivity contribution in [1.82, 2.24) is 0 Å². The van der Waals surface area contributed by atoms with E-state index in [1.54, 1.807) is 6.07 Å². The Morgan fingerprint density at radius 2 is 1.95 bits per heavy atom. The van der Waals surface area contributed by atoms with Crippen LogP contribution in [-0.4, -0.2) is 18.4 Å². The minimum atomic E-state index is -4.63. The van der Waals surface area contributed by atoms with Gasteiger partial charge in [0, 0.05) is 17.8 Å². The van der Waals surface area contributed by atoms with E-state index < -0.39 is 6.36 Å². The molecule has 0 aromatic heterocycles. The SMILES string of the molecule is CCC(C)(C)N1CCCc2cc(OC(F)(F)F)ccc21. The Kier molecular flexibility index (Phi) is 3.89. The molecule has 20 heavy (non-hydrogen) atoms. The van der Waals surface area contributed by atoms with Crippen molar-refractivity contribution in [1.29, 1.82) is 0 Å². The van der Waals surface area contributed by atoms with Gasteiger partial charge in [-0.3, -0.25) is 0 Å². The van der Waals surface area contributed by atoms with Gasteiger partial charge in [0.05, 0.1) is 0 Å². The van der Waals surface area contributed by atoms with Crippen LogP contribution in [0.5, 0.6) is 5.75 Å². The molecule has 0 amide bonds. The Labute approximate surface area is 117 Å². The largest absolute Gasteiger partial charge is 0.573 e. The lowest BCUT2D eigenvalue weighted by molar-refractivity contribution is -0.274. The lowest BCUT2D eigenvalue weighted by atomic mass is 9.92. The molecule has 1 aliphatic rings. The van der Waals surface area contributed by atoms with Crippen molar-refractivity contribution in [3.63, 3.8) is 0 Å². The van der Waals surface area contributed by atoms with Crippen molar-refractivity contribution in [2.45, 2.75) is 51.9 Å². The monoisotopic (exact) mass is 287 g/mol. The number of fused-ring (bicyclic) bond motifs is 1. The number of anilines is 1. The normalized spacial score (nSPS) is 16.0. The molecular weight excluding hydrogens is 267 g/mol. The predicted octanol–water partition coefficient (Wildman–Crippen LogP) is 4.53. The summed E-state index contributed by atoms with van der Waals surface area (Å²) in [6, 6.07) is 4.66. The summed E-state index contributed by atoms with van der Waals surface area (Å²) in [6.45, 7) is 7.37. The van der Waals surface area contributed by atoms with E-state index in [1.807, 2.05) is 0 Å². The second-order valence-corrected chi connectivity index (χ2v) is 5.76. The number of hydrogen-bond donors (Lipinski definition) is 0. The molecule has 2 nitrogen and oxygen atoms in total. The molecule has 1 aliphatic heterocycles. The number of halogens is 3. The highest BCUT2D eigenvalue weighted by Gasteiger charge is 2.33. The molecule has 1 heterocycles. The average molecular weight is 287 g/mol. The summed E-state index contributed by atoms with van der Waals surface area (Å²) in [6.07, 6.45) is -1.91. The molecule has 0 fully saturated rings. The van der Waals surface area contributed by atoms with Gasteiger partial charge in [-0.2, -0.15) is 0 Å². The fourth-order valence-electron chi connectivity index (χ4n) is 2.59. The molecule has 0 saturated carbocycles. The maximum Gasteiger partial charge on any atom is 0.573 e. The van der Waals surface area contributed by atoms with Gasteiger partial charge >= 0.3 is 6.36 Å². The number of alkyl halides is 3. The van der Waals surface area contributed by atoms with Crippen LogP contribution in [0.25, 0.3) is 0 Å². The van der Waals surface area contributed by atoms with Gasteiger partial charge in [0.1, 0.15) is 5.75 Å². The Hall–Kier alpha value is -1.39. The van der Waals surface area contributed by atoms with Gasteiger partial charge in [0.25, 0.3) is 0 Å². The molecule has 0 aliphatic carbocycles. The minimum Gasteiger partial charge on any atom is -0.406 e. The van der Waals surface area contributed by atoms with Crippen molar-refractivity contribution in [3.05, 3.63) is 23.8 Å². The summed E-state index contributed by atoms with van der Waals surface area (Å²) in [4.78, 5) is 2.28. The molecule has 0 atom stereocenters. The second-order valence-electron chi connectivity index (χ2n) is 5.76. The first kappa shape index (κ1) is 15.0. The first-order chi connectivity index (χ1) is 9.23. The molecule has 0 unspecified atom stereocenters. The summed E-state index contributed by atoms with van der Waals surface area (Å²) in [5.74, 6) is -0.132. The third-order valence-corrected chi connectivity index (χ3v) is 4.00. The fraction of sp³-hybridized carbons (Fsp3) is 0.600. The van der Waals surface area contributed by atoms with Crippen molar-refractivity contribution < 1.29 is 17.9 Å². The molecule has 0 radical (unpaired) electrons. The molecule has 0 saturated heterocycles. The van der Waals surface area contributed by atoms with Crippen LogP contribution >= 0.6 is 0 Å². The third-order valence-electron chi connectivity index (χ3n) is 4.00. The number of nitrogens with zero attached hydrogens (tertiary/aromatic N) is 1. The number of hydrogen-bond acceptors (Lipinski definition) is 2. The van der Waals surface area contributed by atoms with Gasteiger partial charge in [-0.25, -0.2) is 0 Å². The van der Waals surface area contributed by atoms with Crippen molar-refractivity contribution in [3.8, 4) is 5.75 Å². The summed E-state index contributed by atoms with van der Waals surface area (Å²) in [5.41, 5.74) is 1.96. The van der Waals surface area contributed by atoms with E-state index in [-0.39, 0.29) is 11.3 Å². The molecule has 112 valence electrons. The first-order valence-electron chi connectivity index (χ1n) is 6.89. The summed E-state index contributed by atoms with van der Waals surface area (Å²) in [5, 5.41) is 0. The highest BCUT2D eigenvalue weighted by molar-refractivity contribution is 5.59. The molecule has 1 aromatic carbocycles. The highest BCUT2D eigenvalue weighted by Crippen LogP contribution is 2.36. The summed E-state index contributed by atoms with van der Waals surface area (Å²) >= 11 is 0. The van der Waals surface area contributed by atoms with E-state index in [4.69, 9.17) is 0 Å². The lowest BCUT2D eigenvalue weighted by Gasteiger charge is -2.43. The van der Waals surface area contributed by atoms with E-state index in [9.17, 15) is 13.2 Å². The van der Waals surface area contributed by atoms with Crippen LogP contribution in [0, 0.1) is 0 Å². The molecule has 1 aromatic rings. The van der Waals surface area contributed by atoms with Crippen LogP contribution in [0.4, 0.5) is 18.9 Å². The van der Waals surface area contributed by atoms with Crippen molar-refractivity contribution in [2.75, 3.05) is 11.4 Å². The lowest BCUT2D eigenvalue weighted by Crippen LogP contribution is -2.46. The molecule has 0 bridgehead atoms. The van der Waals surface area contributed by atoms with Gasteiger partial charge in [0.15, 0.2) is 0 Å². The van der Waals surface area contributed by atoms with Gasteiger partial charge in [0.2, 0.25) is 0 Å². The Morgan fingerprint density at radius 3 is 2.55 bits per heavy atom. The standard InChI is InChI=1S/C15H20F3NO/c1-4-14(2,3)19-9-5-6-11-10-12(7-8-13(11)19)20-15(16,17)18/h7-8,10H,4-6,9H2,1-3H3. The van der Waals surface area contributed by atoms with Gasteiger partial charge in [-0.05, 0) is 56.9 Å². The van der Waals surface area contributed by atoms with E-state index in [1.165, 1.54) is 12.1 Å². The molecule has 0 N–H and O–H groups in total. The average Bonchev–Trinajstić information content (AvgIpc) is 2.35. The number of ether oxygens (including phenoxy) is 1. The zero-order valence-electron chi connectivity index (χ0n) is 12.0. The topological polar surface area (TPSA) is 12.5 Å². The van der Waals surface area contributed by atoms with Crippen LogP contribution < -0.4 is 9.64 Å². The smallest absolute Gasteiger partial charge is 0.406 e. The van der Waals surface area contributed by atoms with E-state index in [0.717, 1.165) is 37.1 Å².